The van der Waals surface area contributed by atoms with E-state index in [1.807, 2.05) is 6.07 Å². The van der Waals surface area contributed by atoms with Gasteiger partial charge >= 0.3 is 0 Å². The molecule has 1 aromatic carbocycles. The Balaban J connectivity index is 1.86. The highest BCUT2D eigenvalue weighted by molar-refractivity contribution is 6.35. The number of carbonyl (C=O) groups excluding carboxylic acids is 2. The second-order valence-electron chi connectivity index (χ2n) is 6.33. The van der Waals surface area contributed by atoms with Crippen LogP contribution in [0.5, 0.6) is 0 Å². The van der Waals surface area contributed by atoms with Gasteiger partial charge in [-0.1, -0.05) is 48.5 Å². The van der Waals surface area contributed by atoms with Crippen molar-refractivity contribution in [3.8, 4) is 0 Å². The maximum absolute atomic E-state index is 12.2. The first-order chi connectivity index (χ1) is 11.5. The highest BCUT2D eigenvalue weighted by Crippen LogP contribution is 2.21. The van der Waals surface area contributed by atoms with Crippen LogP contribution in [0.4, 0.5) is 0 Å². The van der Waals surface area contributed by atoms with Gasteiger partial charge in [-0.15, -0.1) is 0 Å². The number of amides is 2. The van der Waals surface area contributed by atoms with E-state index in [9.17, 15) is 9.59 Å². The summed E-state index contributed by atoms with van der Waals surface area (Å²) in [6.45, 7) is 2.03. The third-order valence-corrected chi connectivity index (χ3v) is 5.00. The molecule has 2 amide bonds. The first-order valence-electron chi connectivity index (χ1n) is 8.44. The predicted molar refractivity (Wildman–Crippen MR) is 97.4 cm³/mol. The van der Waals surface area contributed by atoms with Gasteiger partial charge in [-0.05, 0) is 37.0 Å². The Morgan fingerprint density at radius 3 is 2.54 bits per heavy atom. The van der Waals surface area contributed by atoms with Gasteiger partial charge in [-0.3, -0.25) is 9.59 Å². The van der Waals surface area contributed by atoms with Gasteiger partial charge in [-0.25, -0.2) is 0 Å². The van der Waals surface area contributed by atoms with Gasteiger partial charge in [0.15, 0.2) is 0 Å². The van der Waals surface area contributed by atoms with E-state index in [2.05, 4.69) is 5.32 Å². The number of hydrogen-bond donors (Lipinski definition) is 1. The highest BCUT2D eigenvalue weighted by atomic mass is 35.5. The molecule has 4 nitrogen and oxygen atoms in total. The first-order valence-corrected chi connectivity index (χ1v) is 9.20. The van der Waals surface area contributed by atoms with Gasteiger partial charge in [-0.2, -0.15) is 0 Å². The molecule has 1 N–H and O–H groups in total. The Morgan fingerprint density at radius 2 is 1.92 bits per heavy atom. The van der Waals surface area contributed by atoms with Crippen molar-refractivity contribution in [3.05, 3.63) is 33.8 Å². The number of halogens is 2. The number of rotatable bonds is 6. The van der Waals surface area contributed by atoms with Crippen LogP contribution in [0.2, 0.25) is 10.0 Å². The average molecular weight is 371 g/mol. The Bertz CT molecular complexity index is 586. The van der Waals surface area contributed by atoms with Gasteiger partial charge < -0.3 is 10.2 Å². The van der Waals surface area contributed by atoms with Crippen LogP contribution in [-0.2, 0) is 16.0 Å². The summed E-state index contributed by atoms with van der Waals surface area (Å²) in [4.78, 5) is 25.6. The smallest absolute Gasteiger partial charge is 0.239 e. The Morgan fingerprint density at radius 1 is 1.21 bits per heavy atom. The molecule has 1 aliphatic rings. The third kappa shape index (κ3) is 5.99. The molecule has 0 heterocycles. The molecule has 132 valence electrons. The lowest BCUT2D eigenvalue weighted by Gasteiger charge is -2.25. The van der Waals surface area contributed by atoms with Crippen LogP contribution < -0.4 is 5.32 Å². The van der Waals surface area contributed by atoms with Crippen LogP contribution >= 0.6 is 23.2 Å². The van der Waals surface area contributed by atoms with Gasteiger partial charge in [0, 0.05) is 29.6 Å². The molecule has 2 rings (SSSR count). The third-order valence-electron chi connectivity index (χ3n) is 4.42. The molecule has 0 aliphatic heterocycles. The van der Waals surface area contributed by atoms with Crippen LogP contribution in [0.15, 0.2) is 18.2 Å². The molecule has 0 spiro atoms. The van der Waals surface area contributed by atoms with Crippen molar-refractivity contribution in [3.63, 3.8) is 0 Å². The van der Waals surface area contributed by atoms with Crippen molar-refractivity contribution >= 4 is 35.0 Å². The van der Waals surface area contributed by atoms with E-state index in [0.717, 1.165) is 31.2 Å². The fraction of sp³-hybridized carbons (Fsp3) is 0.556. The predicted octanol–water partition coefficient (Wildman–Crippen LogP) is 3.83. The molecule has 1 saturated carbocycles. The minimum atomic E-state index is -0.112. The maximum atomic E-state index is 12.2. The monoisotopic (exact) mass is 370 g/mol. The minimum absolute atomic E-state index is 0.0840. The second-order valence-corrected chi connectivity index (χ2v) is 7.17. The van der Waals surface area contributed by atoms with Gasteiger partial charge in [0.2, 0.25) is 11.8 Å². The Hall–Kier alpha value is -1.26. The van der Waals surface area contributed by atoms with Crippen LogP contribution in [-0.4, -0.2) is 35.8 Å². The molecular weight excluding hydrogens is 347 g/mol. The molecule has 1 aromatic rings. The van der Waals surface area contributed by atoms with Crippen LogP contribution in [0, 0.1) is 0 Å². The molecule has 0 atom stereocenters. The van der Waals surface area contributed by atoms with E-state index in [4.69, 9.17) is 23.2 Å². The average Bonchev–Trinajstić information content (AvgIpc) is 2.53. The summed E-state index contributed by atoms with van der Waals surface area (Å²) in [7, 11) is 0. The minimum Gasteiger partial charge on any atom is -0.352 e. The van der Waals surface area contributed by atoms with Crippen molar-refractivity contribution < 1.29 is 9.59 Å². The van der Waals surface area contributed by atoms with Crippen LogP contribution in [0.3, 0.4) is 0 Å². The van der Waals surface area contributed by atoms with Crippen molar-refractivity contribution in [1.82, 2.24) is 10.2 Å². The van der Waals surface area contributed by atoms with Crippen LogP contribution in [0.1, 0.15) is 44.6 Å². The van der Waals surface area contributed by atoms with E-state index in [-0.39, 0.29) is 24.4 Å². The fourth-order valence-corrected chi connectivity index (χ4v) is 3.52. The topological polar surface area (TPSA) is 49.4 Å². The molecule has 0 unspecified atom stereocenters. The number of hydrogen-bond acceptors (Lipinski definition) is 2. The zero-order chi connectivity index (χ0) is 17.5. The summed E-state index contributed by atoms with van der Waals surface area (Å²) in [5.41, 5.74) is 0.917. The number of nitrogens with one attached hydrogen (secondary N) is 1. The van der Waals surface area contributed by atoms with E-state index >= 15 is 0 Å². The second kappa shape index (κ2) is 9.28. The zero-order valence-corrected chi connectivity index (χ0v) is 15.5. The molecule has 24 heavy (non-hydrogen) atoms. The van der Waals surface area contributed by atoms with Crippen molar-refractivity contribution in [2.45, 2.75) is 51.5 Å². The molecular formula is C18H24Cl2N2O2. The Labute approximate surface area is 153 Å². The van der Waals surface area contributed by atoms with E-state index in [0.29, 0.717) is 23.0 Å². The van der Waals surface area contributed by atoms with E-state index in [1.165, 1.54) is 13.3 Å². The molecule has 1 fully saturated rings. The van der Waals surface area contributed by atoms with Gasteiger partial charge in [0.05, 0.1) is 6.54 Å². The summed E-state index contributed by atoms with van der Waals surface area (Å²) in [6.07, 6.45) is 6.23. The summed E-state index contributed by atoms with van der Waals surface area (Å²) in [5.74, 6) is -0.196. The van der Waals surface area contributed by atoms with Crippen molar-refractivity contribution in [1.29, 1.82) is 0 Å². The van der Waals surface area contributed by atoms with Gasteiger partial charge in [0.25, 0.3) is 0 Å². The summed E-state index contributed by atoms with van der Waals surface area (Å²) in [6, 6.07) is 5.57. The first kappa shape index (κ1) is 19.1. The molecule has 6 heteroatoms. The maximum Gasteiger partial charge on any atom is 0.239 e. The summed E-state index contributed by atoms with van der Waals surface area (Å²) in [5, 5.41) is 4.21. The standard InChI is InChI=1S/C18H24Cl2N2O2/c1-13(23)22(10-9-14-7-8-15(19)11-17(14)20)12-18(24)21-16-5-3-2-4-6-16/h7-8,11,16H,2-6,9-10,12H2,1H3,(H,21,24). The van der Waals surface area contributed by atoms with Gasteiger partial charge in [0.1, 0.15) is 0 Å². The highest BCUT2D eigenvalue weighted by Gasteiger charge is 2.19. The van der Waals surface area contributed by atoms with Crippen LogP contribution in [0.25, 0.3) is 0 Å². The largest absolute Gasteiger partial charge is 0.352 e. The molecule has 0 aromatic heterocycles. The summed E-state index contributed by atoms with van der Waals surface area (Å²) < 4.78 is 0. The number of benzene rings is 1. The summed E-state index contributed by atoms with van der Waals surface area (Å²) >= 11 is 12.0. The molecule has 0 bridgehead atoms. The lowest BCUT2D eigenvalue weighted by molar-refractivity contribution is -0.134. The zero-order valence-electron chi connectivity index (χ0n) is 14.0. The molecule has 0 saturated heterocycles. The lowest BCUT2D eigenvalue weighted by atomic mass is 9.95. The van der Waals surface area contributed by atoms with Crippen molar-refractivity contribution in [2.75, 3.05) is 13.1 Å². The number of carbonyl (C=O) groups is 2. The van der Waals surface area contributed by atoms with E-state index in [1.54, 1.807) is 17.0 Å². The van der Waals surface area contributed by atoms with Crippen molar-refractivity contribution in [2.24, 2.45) is 0 Å². The quantitative estimate of drug-likeness (QED) is 0.826. The van der Waals surface area contributed by atoms with E-state index < -0.39 is 0 Å². The lowest BCUT2D eigenvalue weighted by Crippen LogP contribution is -2.44. The Kier molecular flexibility index (Phi) is 7.38. The normalized spacial score (nSPS) is 15.1. The fourth-order valence-electron chi connectivity index (χ4n) is 3.02. The molecule has 1 aliphatic carbocycles. The number of nitrogens with zero attached hydrogens (tertiary/aromatic N) is 1. The SMILES string of the molecule is CC(=O)N(CCc1ccc(Cl)cc1Cl)CC(=O)NC1CCCCC1. The molecule has 0 radical (unpaired) electrons.